The van der Waals surface area contributed by atoms with Crippen LogP contribution in [0.15, 0.2) is 42.5 Å². The maximum atomic E-state index is 13.7. The number of benzene rings is 2. The van der Waals surface area contributed by atoms with Crippen molar-refractivity contribution in [2.75, 3.05) is 16.8 Å². The highest BCUT2D eigenvalue weighted by molar-refractivity contribution is 6.03. The van der Waals surface area contributed by atoms with Gasteiger partial charge in [0, 0.05) is 18.7 Å². The lowest BCUT2D eigenvalue weighted by molar-refractivity contribution is -0.122. The molecular formula is C17H14F2N2O3. The number of nitrogens with zero attached hydrogens (tertiary/aromatic N) is 1. The highest BCUT2D eigenvalue weighted by Gasteiger charge is 2.35. The molecule has 1 heterocycles. The van der Waals surface area contributed by atoms with Crippen molar-refractivity contribution in [3.63, 3.8) is 0 Å². The normalized spacial score (nSPS) is 17.2. The van der Waals surface area contributed by atoms with Crippen LogP contribution in [-0.4, -0.2) is 23.5 Å². The van der Waals surface area contributed by atoms with Crippen molar-refractivity contribution < 1.29 is 23.5 Å². The number of phenols is 1. The van der Waals surface area contributed by atoms with Crippen molar-refractivity contribution in [2.24, 2.45) is 5.92 Å². The Morgan fingerprint density at radius 2 is 1.88 bits per heavy atom. The van der Waals surface area contributed by atoms with Gasteiger partial charge in [0.1, 0.15) is 17.3 Å². The first-order valence-corrected chi connectivity index (χ1v) is 7.30. The molecule has 0 aliphatic carbocycles. The van der Waals surface area contributed by atoms with Crippen LogP contribution in [0.5, 0.6) is 5.75 Å². The summed E-state index contributed by atoms with van der Waals surface area (Å²) in [5.41, 5.74) is 0.181. The van der Waals surface area contributed by atoms with Crippen molar-refractivity contribution in [3.8, 4) is 5.75 Å². The number of rotatable bonds is 3. The van der Waals surface area contributed by atoms with E-state index in [1.54, 1.807) is 0 Å². The average Bonchev–Trinajstić information content (AvgIpc) is 2.94. The molecule has 2 amide bonds. The van der Waals surface area contributed by atoms with E-state index >= 15 is 0 Å². The van der Waals surface area contributed by atoms with E-state index in [2.05, 4.69) is 5.32 Å². The molecule has 2 aromatic carbocycles. The summed E-state index contributed by atoms with van der Waals surface area (Å²) >= 11 is 0. The number of hydrogen-bond acceptors (Lipinski definition) is 3. The Labute approximate surface area is 136 Å². The molecule has 1 saturated heterocycles. The molecule has 1 aliphatic heterocycles. The first kappa shape index (κ1) is 15.9. The highest BCUT2D eigenvalue weighted by Crippen LogP contribution is 2.29. The second-order valence-corrected chi connectivity index (χ2v) is 5.51. The van der Waals surface area contributed by atoms with Crippen molar-refractivity contribution in [3.05, 3.63) is 54.1 Å². The molecule has 0 saturated carbocycles. The molecule has 24 heavy (non-hydrogen) atoms. The molecule has 0 aromatic heterocycles. The van der Waals surface area contributed by atoms with Crippen LogP contribution in [-0.2, 0) is 9.59 Å². The fraction of sp³-hybridized carbons (Fsp3) is 0.176. The molecule has 0 radical (unpaired) electrons. The molecule has 3 rings (SSSR count). The van der Waals surface area contributed by atoms with E-state index in [0.29, 0.717) is 5.69 Å². The summed E-state index contributed by atoms with van der Waals surface area (Å²) in [4.78, 5) is 25.7. The van der Waals surface area contributed by atoms with Crippen LogP contribution in [0, 0.1) is 17.6 Å². The fourth-order valence-corrected chi connectivity index (χ4v) is 2.62. The Morgan fingerprint density at radius 1 is 1.17 bits per heavy atom. The lowest BCUT2D eigenvalue weighted by Crippen LogP contribution is -2.28. The van der Waals surface area contributed by atoms with Crippen molar-refractivity contribution in [1.82, 2.24) is 0 Å². The molecule has 2 aromatic rings. The predicted octanol–water partition coefficient (Wildman–Crippen LogP) is 2.66. The van der Waals surface area contributed by atoms with E-state index in [-0.39, 0.29) is 30.3 Å². The first-order chi connectivity index (χ1) is 11.5. The minimum atomic E-state index is -0.761. The second kappa shape index (κ2) is 6.27. The third-order valence-electron chi connectivity index (χ3n) is 3.87. The lowest BCUT2D eigenvalue weighted by atomic mass is 10.1. The van der Waals surface area contributed by atoms with Gasteiger partial charge in [-0.2, -0.15) is 0 Å². The van der Waals surface area contributed by atoms with Crippen LogP contribution in [0.1, 0.15) is 6.42 Å². The number of phenolic OH excluding ortho intramolecular Hbond substituents is 1. The standard InChI is InChI=1S/C17H14F2N2O3/c18-11-4-6-12(7-5-11)21-9-10(8-15(21)23)17(24)20-16-13(19)2-1-3-14(16)22/h1-7,10,22H,8-9H2,(H,20,24)/t10-/m1/s1. The molecule has 2 N–H and O–H groups in total. The first-order valence-electron chi connectivity index (χ1n) is 7.30. The molecule has 0 unspecified atom stereocenters. The van der Waals surface area contributed by atoms with Gasteiger partial charge in [0.25, 0.3) is 0 Å². The van der Waals surface area contributed by atoms with Crippen LogP contribution in [0.2, 0.25) is 0 Å². The van der Waals surface area contributed by atoms with Gasteiger partial charge in [-0.05, 0) is 36.4 Å². The number of halogens is 2. The fourth-order valence-electron chi connectivity index (χ4n) is 2.62. The molecule has 0 bridgehead atoms. The SMILES string of the molecule is O=C(Nc1c(O)cccc1F)[C@@H]1CC(=O)N(c2ccc(F)cc2)C1. The third-order valence-corrected chi connectivity index (χ3v) is 3.87. The quantitative estimate of drug-likeness (QED) is 0.849. The Hall–Kier alpha value is -2.96. The van der Waals surface area contributed by atoms with Gasteiger partial charge in [0.15, 0.2) is 5.82 Å². The van der Waals surface area contributed by atoms with Gasteiger partial charge in [0.2, 0.25) is 11.8 Å². The van der Waals surface area contributed by atoms with Crippen LogP contribution >= 0.6 is 0 Å². The molecule has 1 fully saturated rings. The number of para-hydroxylation sites is 1. The number of carbonyl (C=O) groups is 2. The zero-order valence-corrected chi connectivity index (χ0v) is 12.5. The van der Waals surface area contributed by atoms with Gasteiger partial charge < -0.3 is 15.3 Å². The third kappa shape index (κ3) is 3.05. The zero-order valence-electron chi connectivity index (χ0n) is 12.5. The molecule has 1 aliphatic rings. The van der Waals surface area contributed by atoms with E-state index in [1.807, 2.05) is 0 Å². The number of aromatic hydroxyl groups is 1. The van der Waals surface area contributed by atoms with Crippen LogP contribution in [0.4, 0.5) is 20.2 Å². The highest BCUT2D eigenvalue weighted by atomic mass is 19.1. The van der Waals surface area contributed by atoms with Crippen LogP contribution in [0.3, 0.4) is 0 Å². The summed E-state index contributed by atoms with van der Waals surface area (Å²) in [6.07, 6.45) is -0.0432. The minimum Gasteiger partial charge on any atom is -0.506 e. The van der Waals surface area contributed by atoms with Crippen molar-refractivity contribution in [1.29, 1.82) is 0 Å². The van der Waals surface area contributed by atoms with Gasteiger partial charge >= 0.3 is 0 Å². The smallest absolute Gasteiger partial charge is 0.229 e. The predicted molar refractivity (Wildman–Crippen MR) is 83.6 cm³/mol. The van der Waals surface area contributed by atoms with Crippen molar-refractivity contribution >= 4 is 23.2 Å². The van der Waals surface area contributed by atoms with Gasteiger partial charge in [-0.1, -0.05) is 6.07 Å². The number of nitrogens with one attached hydrogen (secondary N) is 1. The van der Waals surface area contributed by atoms with Gasteiger partial charge in [-0.3, -0.25) is 9.59 Å². The number of hydrogen-bond donors (Lipinski definition) is 2. The zero-order chi connectivity index (χ0) is 17.3. The van der Waals surface area contributed by atoms with Crippen LogP contribution < -0.4 is 10.2 Å². The molecule has 124 valence electrons. The number of anilines is 2. The molecule has 0 spiro atoms. The van der Waals surface area contributed by atoms with E-state index in [4.69, 9.17) is 0 Å². The average molecular weight is 332 g/mol. The van der Waals surface area contributed by atoms with E-state index in [0.717, 1.165) is 6.07 Å². The van der Waals surface area contributed by atoms with E-state index < -0.39 is 23.5 Å². The second-order valence-electron chi connectivity index (χ2n) is 5.51. The Morgan fingerprint density at radius 3 is 2.54 bits per heavy atom. The monoisotopic (exact) mass is 332 g/mol. The summed E-state index contributed by atoms with van der Waals surface area (Å²) in [6, 6.07) is 9.05. The van der Waals surface area contributed by atoms with E-state index in [9.17, 15) is 23.5 Å². The minimum absolute atomic E-state index is 0.0432. The Balaban J connectivity index is 1.73. The number of carbonyl (C=O) groups excluding carboxylic acids is 2. The Bertz CT molecular complexity index is 773. The molecule has 5 nitrogen and oxygen atoms in total. The van der Waals surface area contributed by atoms with Gasteiger partial charge in [-0.15, -0.1) is 0 Å². The summed E-state index contributed by atoms with van der Waals surface area (Å²) in [6.45, 7) is 0.103. The molecule has 7 heteroatoms. The summed E-state index contributed by atoms with van der Waals surface area (Å²) in [7, 11) is 0. The van der Waals surface area contributed by atoms with E-state index in [1.165, 1.54) is 41.3 Å². The van der Waals surface area contributed by atoms with Crippen LogP contribution in [0.25, 0.3) is 0 Å². The lowest BCUT2D eigenvalue weighted by Gasteiger charge is -2.17. The topological polar surface area (TPSA) is 69.6 Å². The van der Waals surface area contributed by atoms with Gasteiger partial charge in [0.05, 0.1) is 5.92 Å². The Kier molecular flexibility index (Phi) is 4.16. The summed E-state index contributed by atoms with van der Waals surface area (Å²) in [5, 5.41) is 11.9. The molecule has 1 atom stereocenters. The summed E-state index contributed by atoms with van der Waals surface area (Å²) < 4.78 is 26.6. The number of amides is 2. The maximum Gasteiger partial charge on any atom is 0.229 e. The summed E-state index contributed by atoms with van der Waals surface area (Å²) in [5.74, 6) is -3.10. The van der Waals surface area contributed by atoms with Gasteiger partial charge in [-0.25, -0.2) is 8.78 Å². The maximum absolute atomic E-state index is 13.7. The van der Waals surface area contributed by atoms with Crippen molar-refractivity contribution in [2.45, 2.75) is 6.42 Å². The molecular weight excluding hydrogens is 318 g/mol. The largest absolute Gasteiger partial charge is 0.506 e.